The van der Waals surface area contributed by atoms with Gasteiger partial charge in [0.1, 0.15) is 11.6 Å². The molecule has 36 heavy (non-hydrogen) atoms. The lowest BCUT2D eigenvalue weighted by Crippen LogP contribution is -2.24. The third-order valence-corrected chi connectivity index (χ3v) is 6.08. The van der Waals surface area contributed by atoms with Crippen LogP contribution in [0.15, 0.2) is 76.8 Å². The number of hydrogen-bond donors (Lipinski definition) is 1. The molecule has 1 unspecified atom stereocenters. The highest BCUT2D eigenvalue weighted by Crippen LogP contribution is 2.29. The molecule has 1 N–H and O–H groups in total. The molecule has 1 aliphatic rings. The van der Waals surface area contributed by atoms with E-state index >= 15 is 0 Å². The number of fused-ring (bicyclic) bond motifs is 1. The van der Waals surface area contributed by atoms with Crippen molar-refractivity contribution >= 4 is 22.6 Å². The SMILES string of the molecule is O=C(O)CCCCc1nc2cc(C3=NOC(c4ccccn4)C3)ccc2c(=O)n1-c1ccc(F)cc1. The molecule has 0 fully saturated rings. The molecular formula is C27H23FN4O4. The Balaban J connectivity index is 1.50. The molecule has 182 valence electrons. The maximum absolute atomic E-state index is 13.5. The summed E-state index contributed by atoms with van der Waals surface area (Å²) in [5.41, 5.74) is 3.06. The third-order valence-electron chi connectivity index (χ3n) is 6.08. The van der Waals surface area contributed by atoms with Gasteiger partial charge in [-0.15, -0.1) is 0 Å². The van der Waals surface area contributed by atoms with Crippen molar-refractivity contribution in [2.75, 3.05) is 0 Å². The van der Waals surface area contributed by atoms with Crippen molar-refractivity contribution in [3.05, 3.63) is 100 Å². The first-order valence-electron chi connectivity index (χ1n) is 11.7. The van der Waals surface area contributed by atoms with Gasteiger partial charge in [0.25, 0.3) is 5.56 Å². The van der Waals surface area contributed by atoms with Gasteiger partial charge in [0.2, 0.25) is 0 Å². The summed E-state index contributed by atoms with van der Waals surface area (Å²) < 4.78 is 15.0. The first-order chi connectivity index (χ1) is 17.5. The summed E-state index contributed by atoms with van der Waals surface area (Å²) in [6.07, 6.45) is 3.40. The lowest BCUT2D eigenvalue weighted by Gasteiger charge is -2.14. The van der Waals surface area contributed by atoms with Crippen LogP contribution in [0.5, 0.6) is 0 Å². The average Bonchev–Trinajstić information content (AvgIpc) is 3.38. The summed E-state index contributed by atoms with van der Waals surface area (Å²) in [7, 11) is 0. The second-order valence-electron chi connectivity index (χ2n) is 8.57. The Morgan fingerprint density at radius 2 is 1.94 bits per heavy atom. The number of hydrogen-bond acceptors (Lipinski definition) is 6. The molecule has 0 spiro atoms. The molecule has 0 radical (unpaired) electrons. The van der Waals surface area contributed by atoms with Crippen molar-refractivity contribution in [2.45, 2.75) is 38.2 Å². The minimum atomic E-state index is -0.870. The zero-order valence-corrected chi connectivity index (χ0v) is 19.3. The largest absolute Gasteiger partial charge is 0.481 e. The maximum atomic E-state index is 13.5. The third kappa shape index (κ3) is 4.86. The molecule has 1 atom stereocenters. The number of aliphatic carboxylic acids is 1. The monoisotopic (exact) mass is 486 g/mol. The Kier molecular flexibility index (Phi) is 6.53. The smallest absolute Gasteiger partial charge is 0.303 e. The van der Waals surface area contributed by atoms with E-state index in [1.165, 1.54) is 28.8 Å². The van der Waals surface area contributed by atoms with Crippen LogP contribution in [-0.4, -0.2) is 31.3 Å². The number of oxime groups is 1. The fourth-order valence-corrected chi connectivity index (χ4v) is 4.27. The number of halogens is 1. The number of aromatic nitrogens is 3. The number of carbonyl (C=O) groups is 1. The van der Waals surface area contributed by atoms with Crippen LogP contribution in [0.2, 0.25) is 0 Å². The maximum Gasteiger partial charge on any atom is 0.303 e. The number of carboxylic acids is 1. The van der Waals surface area contributed by atoms with Crippen molar-refractivity contribution in [2.24, 2.45) is 5.16 Å². The second-order valence-corrected chi connectivity index (χ2v) is 8.57. The molecule has 3 heterocycles. The molecule has 2 aromatic heterocycles. The number of unbranched alkanes of at least 4 members (excludes halogenated alkanes) is 1. The van der Waals surface area contributed by atoms with E-state index in [0.717, 1.165) is 17.0 Å². The molecule has 0 saturated carbocycles. The van der Waals surface area contributed by atoms with Crippen molar-refractivity contribution < 1.29 is 19.1 Å². The summed E-state index contributed by atoms with van der Waals surface area (Å²) in [6.45, 7) is 0. The molecule has 1 aliphatic heterocycles. The molecule has 8 nitrogen and oxygen atoms in total. The molecule has 0 saturated heterocycles. The van der Waals surface area contributed by atoms with Gasteiger partial charge in [-0.2, -0.15) is 0 Å². The summed E-state index contributed by atoms with van der Waals surface area (Å²) in [6, 6.07) is 16.6. The topological polar surface area (TPSA) is 107 Å². The predicted molar refractivity (Wildman–Crippen MR) is 132 cm³/mol. The number of aryl methyl sites for hydroxylation is 1. The Hall–Kier alpha value is -4.40. The van der Waals surface area contributed by atoms with E-state index in [1.807, 2.05) is 30.3 Å². The van der Waals surface area contributed by atoms with Gasteiger partial charge in [-0.25, -0.2) is 9.37 Å². The summed E-state index contributed by atoms with van der Waals surface area (Å²) in [5, 5.41) is 13.6. The molecule has 2 aromatic carbocycles. The Morgan fingerprint density at radius 1 is 1.11 bits per heavy atom. The van der Waals surface area contributed by atoms with Crippen LogP contribution in [0.4, 0.5) is 4.39 Å². The van der Waals surface area contributed by atoms with Gasteiger partial charge in [0.15, 0.2) is 6.10 Å². The number of carboxylic acid groups (broad SMARTS) is 1. The van der Waals surface area contributed by atoms with Gasteiger partial charge in [-0.1, -0.05) is 17.3 Å². The molecule has 0 aliphatic carbocycles. The Labute approximate surface area is 205 Å². The minimum Gasteiger partial charge on any atom is -0.481 e. The van der Waals surface area contributed by atoms with Crippen molar-refractivity contribution in [1.29, 1.82) is 0 Å². The minimum absolute atomic E-state index is 0.0375. The second kappa shape index (κ2) is 10.1. The van der Waals surface area contributed by atoms with E-state index < -0.39 is 11.8 Å². The Morgan fingerprint density at radius 3 is 2.69 bits per heavy atom. The fraction of sp³-hybridized carbons (Fsp3) is 0.222. The van der Waals surface area contributed by atoms with Crippen molar-refractivity contribution in [3.8, 4) is 5.69 Å². The van der Waals surface area contributed by atoms with Gasteiger partial charge < -0.3 is 9.94 Å². The zero-order chi connectivity index (χ0) is 25.1. The summed E-state index contributed by atoms with van der Waals surface area (Å²) >= 11 is 0. The number of pyridine rings is 1. The first kappa shape index (κ1) is 23.3. The van der Waals surface area contributed by atoms with E-state index in [9.17, 15) is 14.0 Å². The lowest BCUT2D eigenvalue weighted by molar-refractivity contribution is -0.137. The average molecular weight is 487 g/mol. The van der Waals surface area contributed by atoms with Crippen LogP contribution in [0.3, 0.4) is 0 Å². The fourth-order valence-electron chi connectivity index (χ4n) is 4.27. The zero-order valence-electron chi connectivity index (χ0n) is 19.3. The molecule has 0 amide bonds. The van der Waals surface area contributed by atoms with Crippen LogP contribution >= 0.6 is 0 Å². The van der Waals surface area contributed by atoms with E-state index in [4.69, 9.17) is 14.9 Å². The van der Waals surface area contributed by atoms with E-state index in [2.05, 4.69) is 10.1 Å². The van der Waals surface area contributed by atoms with Crippen LogP contribution < -0.4 is 5.56 Å². The molecular weight excluding hydrogens is 463 g/mol. The van der Waals surface area contributed by atoms with Gasteiger partial charge in [-0.3, -0.25) is 19.1 Å². The van der Waals surface area contributed by atoms with Crippen LogP contribution in [-0.2, 0) is 16.1 Å². The van der Waals surface area contributed by atoms with Crippen molar-refractivity contribution in [1.82, 2.24) is 14.5 Å². The molecule has 5 rings (SSSR count). The standard InChI is InChI=1S/C27H23FN4O4/c28-18-9-11-19(12-10-18)32-25(6-1-2-7-26(33)34)30-23-15-17(8-13-20(23)27(32)35)22-16-24(36-31-22)21-5-3-4-14-29-21/h3-5,8-15,24H,1-2,6-7,16H2,(H,33,34). The highest BCUT2D eigenvalue weighted by atomic mass is 19.1. The highest BCUT2D eigenvalue weighted by molar-refractivity contribution is 6.03. The van der Waals surface area contributed by atoms with E-state index in [1.54, 1.807) is 12.3 Å². The quantitative estimate of drug-likeness (QED) is 0.365. The van der Waals surface area contributed by atoms with Gasteiger partial charge >= 0.3 is 5.97 Å². The van der Waals surface area contributed by atoms with Crippen LogP contribution in [0, 0.1) is 5.82 Å². The highest BCUT2D eigenvalue weighted by Gasteiger charge is 2.25. The van der Waals surface area contributed by atoms with E-state index in [-0.39, 0.29) is 18.1 Å². The van der Waals surface area contributed by atoms with Gasteiger partial charge in [0.05, 0.1) is 28.0 Å². The molecule has 9 heteroatoms. The normalized spacial score (nSPS) is 15.0. The first-order valence-corrected chi connectivity index (χ1v) is 11.7. The Bertz CT molecular complexity index is 1500. The van der Waals surface area contributed by atoms with Gasteiger partial charge in [0, 0.05) is 31.0 Å². The number of rotatable bonds is 8. The van der Waals surface area contributed by atoms with Crippen LogP contribution in [0.1, 0.15) is 48.9 Å². The van der Waals surface area contributed by atoms with Crippen LogP contribution in [0.25, 0.3) is 16.6 Å². The van der Waals surface area contributed by atoms with Crippen molar-refractivity contribution in [3.63, 3.8) is 0 Å². The predicted octanol–water partition coefficient (Wildman–Crippen LogP) is 4.58. The van der Waals surface area contributed by atoms with Gasteiger partial charge in [-0.05, 0) is 61.4 Å². The summed E-state index contributed by atoms with van der Waals surface area (Å²) in [4.78, 5) is 39.1. The molecule has 4 aromatic rings. The number of nitrogens with zero attached hydrogens (tertiary/aromatic N) is 4. The molecule has 0 bridgehead atoms. The lowest BCUT2D eigenvalue weighted by atomic mass is 10.0. The summed E-state index contributed by atoms with van der Waals surface area (Å²) in [5.74, 6) is -0.792. The number of benzene rings is 2. The van der Waals surface area contributed by atoms with E-state index in [0.29, 0.717) is 48.1 Å².